The molecule has 0 aliphatic carbocycles. The second-order valence-corrected chi connectivity index (χ2v) is 3.29. The molecule has 0 aliphatic rings. The van der Waals surface area contributed by atoms with Crippen LogP contribution >= 0.6 is 0 Å². The molecule has 0 atom stereocenters. The predicted octanol–water partition coefficient (Wildman–Crippen LogP) is 1.15. The van der Waals surface area contributed by atoms with Crippen molar-refractivity contribution in [1.29, 1.82) is 0 Å². The molecule has 0 unspecified atom stereocenters. The van der Waals surface area contributed by atoms with Crippen molar-refractivity contribution >= 4 is 12.0 Å². The van der Waals surface area contributed by atoms with Crippen LogP contribution < -0.4 is 0 Å². The summed E-state index contributed by atoms with van der Waals surface area (Å²) in [5.74, 6) is -0.338. The number of rotatable bonds is 4. The van der Waals surface area contributed by atoms with Crippen molar-refractivity contribution in [1.82, 2.24) is 19.5 Å². The predicted molar refractivity (Wildman–Crippen MR) is 60.4 cm³/mol. The summed E-state index contributed by atoms with van der Waals surface area (Å²) >= 11 is 0. The van der Waals surface area contributed by atoms with Crippen molar-refractivity contribution in [3.8, 4) is 5.95 Å². The van der Waals surface area contributed by atoms with E-state index < -0.39 is 5.97 Å². The lowest BCUT2D eigenvalue weighted by molar-refractivity contribution is -0.135. The van der Waals surface area contributed by atoms with Crippen molar-refractivity contribution < 1.29 is 9.90 Å². The first-order valence-corrected chi connectivity index (χ1v) is 4.94. The molecule has 2 heterocycles. The fourth-order valence-electron chi connectivity index (χ4n) is 1.22. The maximum atomic E-state index is 10.3. The van der Waals surface area contributed by atoms with Gasteiger partial charge in [-0.3, -0.25) is 9.36 Å². The monoisotopic (exact) mass is 230 g/mol. The van der Waals surface area contributed by atoms with Gasteiger partial charge in [0.1, 0.15) is 6.33 Å². The van der Waals surface area contributed by atoms with Gasteiger partial charge in [-0.1, -0.05) is 12.2 Å². The smallest absolute Gasteiger partial charge is 0.307 e. The zero-order valence-corrected chi connectivity index (χ0v) is 8.89. The van der Waals surface area contributed by atoms with Crippen LogP contribution in [-0.2, 0) is 4.79 Å². The van der Waals surface area contributed by atoms with E-state index in [2.05, 4.69) is 15.0 Å². The van der Waals surface area contributed by atoms with Crippen LogP contribution in [0.4, 0.5) is 0 Å². The molecule has 2 aromatic rings. The number of carbonyl (C=O) groups is 1. The van der Waals surface area contributed by atoms with Crippen LogP contribution in [0.5, 0.6) is 0 Å². The molecule has 0 saturated carbocycles. The average molecular weight is 230 g/mol. The van der Waals surface area contributed by atoms with Crippen molar-refractivity contribution in [2.24, 2.45) is 0 Å². The second kappa shape index (κ2) is 5.02. The van der Waals surface area contributed by atoms with Gasteiger partial charge in [-0.2, -0.15) is 0 Å². The van der Waals surface area contributed by atoms with Crippen LogP contribution in [0.25, 0.3) is 12.0 Å². The number of aliphatic carboxylic acids is 1. The van der Waals surface area contributed by atoms with Crippen molar-refractivity contribution in [2.45, 2.75) is 6.42 Å². The van der Waals surface area contributed by atoms with Gasteiger partial charge in [0.15, 0.2) is 0 Å². The molecule has 6 nitrogen and oxygen atoms in total. The highest BCUT2D eigenvalue weighted by Crippen LogP contribution is 2.03. The van der Waals surface area contributed by atoms with E-state index in [4.69, 9.17) is 5.11 Å². The number of carboxylic acid groups (broad SMARTS) is 1. The molecule has 17 heavy (non-hydrogen) atoms. The first kappa shape index (κ1) is 11.0. The molecule has 2 aromatic heterocycles. The fraction of sp³-hybridized carbons (Fsp3) is 0.0909. The maximum Gasteiger partial charge on any atom is 0.307 e. The normalized spacial score (nSPS) is 10.8. The van der Waals surface area contributed by atoms with E-state index >= 15 is 0 Å². The quantitative estimate of drug-likeness (QED) is 0.852. The largest absolute Gasteiger partial charge is 0.481 e. The van der Waals surface area contributed by atoms with Gasteiger partial charge in [0.05, 0.1) is 6.42 Å². The lowest BCUT2D eigenvalue weighted by Crippen LogP contribution is -1.97. The van der Waals surface area contributed by atoms with E-state index in [9.17, 15) is 4.79 Å². The Morgan fingerprint density at radius 3 is 2.76 bits per heavy atom. The third-order valence-corrected chi connectivity index (χ3v) is 2.00. The van der Waals surface area contributed by atoms with E-state index in [-0.39, 0.29) is 6.42 Å². The van der Waals surface area contributed by atoms with Gasteiger partial charge >= 0.3 is 5.97 Å². The Balaban J connectivity index is 2.08. The standard InChI is InChI=1S/C11H10N4O2/c16-10(17)3-1-2-9-6-13-11(14-7-9)15-5-4-12-8-15/h1-2,4-8H,3H2,(H,16,17). The highest BCUT2D eigenvalue weighted by molar-refractivity contribution is 5.70. The summed E-state index contributed by atoms with van der Waals surface area (Å²) < 4.78 is 1.69. The molecule has 0 aromatic carbocycles. The van der Waals surface area contributed by atoms with Gasteiger partial charge in [-0.25, -0.2) is 15.0 Å². The second-order valence-electron chi connectivity index (χ2n) is 3.29. The Morgan fingerprint density at radius 2 is 2.18 bits per heavy atom. The molecule has 86 valence electrons. The molecule has 2 rings (SSSR count). The maximum absolute atomic E-state index is 10.3. The summed E-state index contributed by atoms with van der Waals surface area (Å²) in [4.78, 5) is 22.5. The van der Waals surface area contributed by atoms with Gasteiger partial charge < -0.3 is 5.11 Å². The fourth-order valence-corrected chi connectivity index (χ4v) is 1.22. The summed E-state index contributed by atoms with van der Waals surface area (Å²) in [6.07, 6.45) is 11.5. The van der Waals surface area contributed by atoms with E-state index in [0.717, 1.165) is 5.56 Å². The van der Waals surface area contributed by atoms with Gasteiger partial charge in [-0.05, 0) is 0 Å². The SMILES string of the molecule is O=C(O)CC=Cc1cnc(-n2ccnc2)nc1. The van der Waals surface area contributed by atoms with Gasteiger partial charge in [0.25, 0.3) is 0 Å². The molecular weight excluding hydrogens is 220 g/mol. The van der Waals surface area contributed by atoms with E-state index in [0.29, 0.717) is 5.95 Å². The van der Waals surface area contributed by atoms with Crippen LogP contribution in [0.1, 0.15) is 12.0 Å². The molecule has 6 heteroatoms. The number of aromatic nitrogens is 4. The average Bonchev–Trinajstić information content (AvgIpc) is 2.83. The zero-order chi connectivity index (χ0) is 12.1. The number of hydrogen-bond acceptors (Lipinski definition) is 4. The molecule has 0 aliphatic heterocycles. The Hall–Kier alpha value is -2.50. The third kappa shape index (κ3) is 2.97. The molecule has 0 spiro atoms. The summed E-state index contributed by atoms with van der Waals surface area (Å²) in [6, 6.07) is 0. The van der Waals surface area contributed by atoms with Crippen LogP contribution in [-0.4, -0.2) is 30.6 Å². The molecule has 1 N–H and O–H groups in total. The molecule has 0 amide bonds. The van der Waals surface area contributed by atoms with Gasteiger partial charge in [-0.15, -0.1) is 0 Å². The van der Waals surface area contributed by atoms with Crippen molar-refractivity contribution in [2.75, 3.05) is 0 Å². The van der Waals surface area contributed by atoms with E-state index in [1.54, 1.807) is 47.8 Å². The third-order valence-electron chi connectivity index (χ3n) is 2.00. The van der Waals surface area contributed by atoms with E-state index in [1.165, 1.54) is 0 Å². The minimum Gasteiger partial charge on any atom is -0.481 e. The summed E-state index contributed by atoms with van der Waals surface area (Å²) in [6.45, 7) is 0. The van der Waals surface area contributed by atoms with Crippen LogP contribution in [0.15, 0.2) is 37.2 Å². The van der Waals surface area contributed by atoms with Crippen LogP contribution in [0.2, 0.25) is 0 Å². The summed E-state index contributed by atoms with van der Waals surface area (Å²) in [5.41, 5.74) is 0.759. The lowest BCUT2D eigenvalue weighted by atomic mass is 10.3. The lowest BCUT2D eigenvalue weighted by Gasteiger charge is -1.99. The molecule has 0 bridgehead atoms. The van der Waals surface area contributed by atoms with Crippen molar-refractivity contribution in [3.05, 3.63) is 42.8 Å². The molecule has 0 saturated heterocycles. The highest BCUT2D eigenvalue weighted by Gasteiger charge is 1.97. The zero-order valence-electron chi connectivity index (χ0n) is 8.89. The first-order valence-electron chi connectivity index (χ1n) is 4.94. The minimum absolute atomic E-state index is 0.0106. The first-order chi connectivity index (χ1) is 8.25. The Labute approximate surface area is 97.3 Å². The highest BCUT2D eigenvalue weighted by atomic mass is 16.4. The molecule has 0 fully saturated rings. The Kier molecular flexibility index (Phi) is 3.25. The Morgan fingerprint density at radius 1 is 1.41 bits per heavy atom. The van der Waals surface area contributed by atoms with Crippen LogP contribution in [0.3, 0.4) is 0 Å². The Bertz CT molecular complexity index is 517. The van der Waals surface area contributed by atoms with Gasteiger partial charge in [0, 0.05) is 30.4 Å². The number of carboxylic acids is 1. The molecule has 0 radical (unpaired) electrons. The number of nitrogens with zero attached hydrogens (tertiary/aromatic N) is 4. The van der Waals surface area contributed by atoms with Crippen molar-refractivity contribution in [3.63, 3.8) is 0 Å². The summed E-state index contributed by atoms with van der Waals surface area (Å²) in [7, 11) is 0. The number of imidazole rings is 1. The van der Waals surface area contributed by atoms with Gasteiger partial charge in [0.2, 0.25) is 5.95 Å². The molecular formula is C11H10N4O2. The number of hydrogen-bond donors (Lipinski definition) is 1. The van der Waals surface area contributed by atoms with Crippen LogP contribution in [0, 0.1) is 0 Å². The topological polar surface area (TPSA) is 80.9 Å². The minimum atomic E-state index is -0.864. The van der Waals surface area contributed by atoms with E-state index in [1.807, 2.05) is 0 Å². The summed E-state index contributed by atoms with van der Waals surface area (Å²) in [5, 5.41) is 8.47.